The molecular weight excluding hydrogens is 997 g/mol. The molecule has 0 fully saturated rings. The van der Waals surface area contributed by atoms with Crippen molar-refractivity contribution in [3.63, 3.8) is 0 Å². The van der Waals surface area contributed by atoms with Crippen molar-refractivity contribution in [1.29, 1.82) is 0 Å². The van der Waals surface area contributed by atoms with E-state index in [1.807, 2.05) is 0 Å². The Balaban J connectivity index is 4.10. The van der Waals surface area contributed by atoms with Crippen molar-refractivity contribution in [3.8, 4) is 0 Å². The second-order valence-corrected chi connectivity index (χ2v) is 25.2. The molecule has 0 aliphatic carbocycles. The van der Waals surface area contributed by atoms with Crippen LogP contribution in [-0.4, -0.2) is 37.2 Å². The smallest absolute Gasteiger partial charge is 0.306 e. The van der Waals surface area contributed by atoms with Gasteiger partial charge in [-0.3, -0.25) is 14.4 Å². The van der Waals surface area contributed by atoms with Crippen molar-refractivity contribution in [3.05, 3.63) is 24.3 Å². The number of hydrogen-bond acceptors (Lipinski definition) is 6. The number of allylic oxidation sites excluding steroid dienone is 4. The summed E-state index contributed by atoms with van der Waals surface area (Å²) in [4.78, 5) is 38.4. The molecule has 0 aliphatic heterocycles. The fraction of sp³-hybridized carbons (Fsp3) is 0.907. The van der Waals surface area contributed by atoms with Gasteiger partial charge in [0.15, 0.2) is 6.10 Å². The van der Waals surface area contributed by atoms with E-state index in [-0.39, 0.29) is 31.1 Å². The van der Waals surface area contributed by atoms with Gasteiger partial charge in [0.2, 0.25) is 0 Å². The molecule has 6 nitrogen and oxygen atoms in total. The molecule has 0 N–H and O–H groups in total. The third-order valence-electron chi connectivity index (χ3n) is 17.0. The van der Waals surface area contributed by atoms with Crippen LogP contribution >= 0.6 is 0 Å². The third kappa shape index (κ3) is 68.6. The highest BCUT2D eigenvalue weighted by molar-refractivity contribution is 5.71. The van der Waals surface area contributed by atoms with Crippen molar-refractivity contribution >= 4 is 17.9 Å². The molecule has 0 spiro atoms. The molecule has 0 rings (SSSR count). The Morgan fingerprint density at radius 1 is 0.247 bits per heavy atom. The van der Waals surface area contributed by atoms with Gasteiger partial charge in [-0.25, -0.2) is 0 Å². The van der Waals surface area contributed by atoms with Crippen LogP contribution in [-0.2, 0) is 28.6 Å². The number of hydrogen-bond donors (Lipinski definition) is 0. The fourth-order valence-corrected chi connectivity index (χ4v) is 11.4. The molecule has 0 aromatic rings. The van der Waals surface area contributed by atoms with E-state index in [0.29, 0.717) is 19.3 Å². The van der Waals surface area contributed by atoms with Crippen molar-refractivity contribution < 1.29 is 28.6 Å². The Morgan fingerprint density at radius 2 is 0.444 bits per heavy atom. The second-order valence-electron chi connectivity index (χ2n) is 25.2. The van der Waals surface area contributed by atoms with E-state index in [0.717, 1.165) is 64.2 Å². The van der Waals surface area contributed by atoms with E-state index in [4.69, 9.17) is 14.2 Å². The third-order valence-corrected chi connectivity index (χ3v) is 17.0. The van der Waals surface area contributed by atoms with Crippen molar-refractivity contribution in [2.45, 2.75) is 425 Å². The molecular formula is C75H142O6. The first-order valence-electron chi connectivity index (χ1n) is 36.8. The summed E-state index contributed by atoms with van der Waals surface area (Å²) in [5, 5.41) is 0. The first-order chi connectivity index (χ1) is 40.0. The predicted octanol–water partition coefficient (Wildman–Crippen LogP) is 25.3. The standard InChI is InChI=1S/C75H142O6/c1-4-7-10-13-16-19-22-24-26-28-30-32-34-36-37-38-40-41-43-45-47-49-51-53-56-59-62-65-68-74(77)80-71-72(70-79-73(76)67-64-61-58-55-21-18-15-12-9-6-3)81-75(78)69-66-63-60-57-54-52-50-48-46-44-42-39-35-33-31-29-27-25-23-20-17-14-11-8-5-2/h23,25,29,31,72H,4-22,24,26-28,30,32-71H2,1-3H3/b25-23-,31-29-. The average molecular weight is 1140 g/mol. The molecule has 1 atom stereocenters. The Morgan fingerprint density at radius 3 is 0.679 bits per heavy atom. The number of ether oxygens (including phenoxy) is 3. The number of unbranched alkanes of at least 4 members (excludes halogenated alkanes) is 54. The van der Waals surface area contributed by atoms with Crippen LogP contribution in [0.25, 0.3) is 0 Å². The molecule has 478 valence electrons. The van der Waals surface area contributed by atoms with Gasteiger partial charge in [-0.1, -0.05) is 373 Å². The molecule has 0 bridgehead atoms. The monoisotopic (exact) mass is 1140 g/mol. The van der Waals surface area contributed by atoms with Crippen LogP contribution in [0.1, 0.15) is 419 Å². The summed E-state index contributed by atoms with van der Waals surface area (Å²) < 4.78 is 17.0. The molecule has 0 amide bonds. The molecule has 1 unspecified atom stereocenters. The summed E-state index contributed by atoms with van der Waals surface area (Å²) >= 11 is 0. The Bertz CT molecular complexity index is 1310. The van der Waals surface area contributed by atoms with Gasteiger partial charge in [0.25, 0.3) is 0 Å². The zero-order chi connectivity index (χ0) is 58.5. The lowest BCUT2D eigenvalue weighted by molar-refractivity contribution is -0.167. The van der Waals surface area contributed by atoms with Gasteiger partial charge in [0, 0.05) is 19.3 Å². The van der Waals surface area contributed by atoms with E-state index >= 15 is 0 Å². The van der Waals surface area contributed by atoms with E-state index in [2.05, 4.69) is 45.1 Å². The second kappa shape index (κ2) is 70.4. The SMILES string of the molecule is CCCCCCC/C=C\C/C=C\CCCCCCCCCCCCCCCC(=O)OC(COC(=O)CCCCCCCCCCCC)COC(=O)CCCCCCCCCCCCCCCCCCCCCCCCCCCCCC. The maximum atomic E-state index is 12.9. The molecule has 0 aliphatic rings. The molecule has 0 heterocycles. The van der Waals surface area contributed by atoms with Gasteiger partial charge >= 0.3 is 17.9 Å². The zero-order valence-electron chi connectivity index (χ0n) is 55.1. The minimum Gasteiger partial charge on any atom is -0.462 e. The Labute approximate surface area is 506 Å². The quantitative estimate of drug-likeness (QED) is 0.0261. The number of carbonyl (C=O) groups excluding carboxylic acids is 3. The highest BCUT2D eigenvalue weighted by atomic mass is 16.6. The maximum absolute atomic E-state index is 12.9. The van der Waals surface area contributed by atoms with Crippen molar-refractivity contribution in [2.24, 2.45) is 0 Å². The number of rotatable bonds is 69. The summed E-state index contributed by atoms with van der Waals surface area (Å²) in [6.07, 6.45) is 86.6. The predicted molar refractivity (Wildman–Crippen MR) is 353 cm³/mol. The van der Waals surface area contributed by atoms with Gasteiger partial charge in [-0.15, -0.1) is 0 Å². The van der Waals surface area contributed by atoms with Crippen molar-refractivity contribution in [1.82, 2.24) is 0 Å². The average Bonchev–Trinajstić information content (AvgIpc) is 3.47. The van der Waals surface area contributed by atoms with Gasteiger partial charge in [0.05, 0.1) is 0 Å². The van der Waals surface area contributed by atoms with Crippen LogP contribution in [0.5, 0.6) is 0 Å². The van der Waals surface area contributed by atoms with E-state index in [1.54, 1.807) is 0 Å². The fourth-order valence-electron chi connectivity index (χ4n) is 11.4. The molecule has 0 saturated carbocycles. The molecule has 0 radical (unpaired) electrons. The van der Waals surface area contributed by atoms with Gasteiger partial charge < -0.3 is 14.2 Å². The molecule has 0 aromatic carbocycles. The van der Waals surface area contributed by atoms with Crippen LogP contribution in [0.15, 0.2) is 24.3 Å². The molecule has 0 saturated heterocycles. The summed E-state index contributed by atoms with van der Waals surface area (Å²) in [7, 11) is 0. The van der Waals surface area contributed by atoms with Crippen LogP contribution in [0.3, 0.4) is 0 Å². The lowest BCUT2D eigenvalue weighted by Gasteiger charge is -2.18. The number of esters is 3. The largest absolute Gasteiger partial charge is 0.462 e. The first-order valence-corrected chi connectivity index (χ1v) is 36.8. The lowest BCUT2D eigenvalue weighted by atomic mass is 10.0. The van der Waals surface area contributed by atoms with Crippen LogP contribution < -0.4 is 0 Å². The lowest BCUT2D eigenvalue weighted by Crippen LogP contribution is -2.30. The van der Waals surface area contributed by atoms with E-state index < -0.39 is 6.10 Å². The summed E-state index contributed by atoms with van der Waals surface area (Å²) in [6, 6.07) is 0. The zero-order valence-corrected chi connectivity index (χ0v) is 55.1. The summed E-state index contributed by atoms with van der Waals surface area (Å²) in [5.41, 5.74) is 0. The van der Waals surface area contributed by atoms with Gasteiger partial charge in [0.1, 0.15) is 13.2 Å². The number of carbonyl (C=O) groups is 3. The maximum Gasteiger partial charge on any atom is 0.306 e. The summed E-state index contributed by atoms with van der Waals surface area (Å²) in [5.74, 6) is -0.835. The van der Waals surface area contributed by atoms with Crippen LogP contribution in [0.2, 0.25) is 0 Å². The Hall–Kier alpha value is -2.11. The highest BCUT2D eigenvalue weighted by Crippen LogP contribution is 2.19. The van der Waals surface area contributed by atoms with E-state index in [9.17, 15) is 14.4 Å². The van der Waals surface area contributed by atoms with Crippen molar-refractivity contribution in [2.75, 3.05) is 13.2 Å². The van der Waals surface area contributed by atoms with Crippen LogP contribution in [0.4, 0.5) is 0 Å². The normalized spacial score (nSPS) is 12.1. The van der Waals surface area contributed by atoms with E-state index in [1.165, 1.54) is 315 Å². The topological polar surface area (TPSA) is 78.9 Å². The van der Waals surface area contributed by atoms with Crippen LogP contribution in [0, 0.1) is 0 Å². The summed E-state index contributed by atoms with van der Waals surface area (Å²) in [6.45, 7) is 6.70. The van der Waals surface area contributed by atoms with Gasteiger partial charge in [-0.2, -0.15) is 0 Å². The first kappa shape index (κ1) is 78.9. The Kier molecular flexibility index (Phi) is 68.5. The molecule has 81 heavy (non-hydrogen) atoms. The minimum atomic E-state index is -0.768. The molecule has 0 aromatic heterocycles. The highest BCUT2D eigenvalue weighted by Gasteiger charge is 2.20. The molecule has 6 heteroatoms. The minimum absolute atomic E-state index is 0.0646. The van der Waals surface area contributed by atoms with Gasteiger partial charge in [-0.05, 0) is 51.4 Å².